The molecule has 2 nitrogen and oxygen atoms in total. The minimum Gasteiger partial charge on any atom is -0.279 e. The Morgan fingerprint density at radius 2 is 2.22 bits per heavy atom. The number of H-pyrrole nitrogens is 1. The molecule has 0 atom stereocenters. The van der Waals surface area contributed by atoms with Crippen molar-refractivity contribution in [3.05, 3.63) is 17.0 Å². The van der Waals surface area contributed by atoms with Gasteiger partial charge in [0.1, 0.15) is 6.67 Å². The number of nitrogens with zero attached hydrogens (tertiary/aromatic N) is 1. The van der Waals surface area contributed by atoms with E-state index in [4.69, 9.17) is 0 Å². The van der Waals surface area contributed by atoms with Gasteiger partial charge in [-0.25, -0.2) is 4.39 Å². The van der Waals surface area contributed by atoms with Crippen LogP contribution in [0.2, 0.25) is 0 Å². The van der Waals surface area contributed by atoms with E-state index in [1.807, 2.05) is 13.8 Å². The maximum Gasteiger partial charge on any atom is 0.131 e. The van der Waals surface area contributed by atoms with Crippen LogP contribution in [0.4, 0.5) is 4.39 Å². The summed E-state index contributed by atoms with van der Waals surface area (Å²) in [6, 6.07) is 0. The number of rotatable bonds is 1. The smallest absolute Gasteiger partial charge is 0.131 e. The van der Waals surface area contributed by atoms with Crippen molar-refractivity contribution in [2.45, 2.75) is 20.5 Å². The highest BCUT2D eigenvalue weighted by atomic mass is 19.1. The molecule has 0 saturated carbocycles. The average molecular weight is 128 g/mol. The molecule has 1 aromatic heterocycles. The molecule has 0 unspecified atom stereocenters. The van der Waals surface area contributed by atoms with Crippen LogP contribution < -0.4 is 0 Å². The molecule has 0 aliphatic heterocycles. The molecule has 0 aliphatic carbocycles. The van der Waals surface area contributed by atoms with Crippen molar-refractivity contribution in [1.29, 1.82) is 0 Å². The lowest BCUT2D eigenvalue weighted by Gasteiger charge is -1.87. The molecule has 50 valence electrons. The number of aryl methyl sites for hydroxylation is 1. The molecule has 0 radical (unpaired) electrons. The number of nitrogens with one attached hydrogen (secondary N) is 1. The number of aromatic amines is 1. The summed E-state index contributed by atoms with van der Waals surface area (Å²) in [5.41, 5.74) is 2.40. The van der Waals surface area contributed by atoms with Crippen molar-refractivity contribution in [3.63, 3.8) is 0 Å². The maximum absolute atomic E-state index is 11.9. The number of aromatic nitrogens is 2. The van der Waals surface area contributed by atoms with Gasteiger partial charge in [-0.05, 0) is 19.4 Å². The molecule has 3 heteroatoms. The maximum atomic E-state index is 11.9. The summed E-state index contributed by atoms with van der Waals surface area (Å²) >= 11 is 0. The first kappa shape index (κ1) is 6.26. The van der Waals surface area contributed by atoms with Crippen LogP contribution in [0, 0.1) is 13.8 Å². The molecule has 0 fully saturated rings. The van der Waals surface area contributed by atoms with Gasteiger partial charge in [-0.15, -0.1) is 0 Å². The van der Waals surface area contributed by atoms with Crippen molar-refractivity contribution in [2.75, 3.05) is 0 Å². The summed E-state index contributed by atoms with van der Waals surface area (Å²) in [5.74, 6) is 0. The van der Waals surface area contributed by atoms with Crippen molar-refractivity contribution < 1.29 is 4.39 Å². The van der Waals surface area contributed by atoms with E-state index in [0.29, 0.717) is 5.69 Å². The van der Waals surface area contributed by atoms with Crippen LogP contribution >= 0.6 is 0 Å². The van der Waals surface area contributed by atoms with Crippen molar-refractivity contribution in [3.8, 4) is 0 Å². The third kappa shape index (κ3) is 0.943. The quantitative estimate of drug-likeness (QED) is 0.610. The minimum atomic E-state index is -0.452. The van der Waals surface area contributed by atoms with E-state index in [2.05, 4.69) is 10.2 Å². The second-order valence-electron chi connectivity index (χ2n) is 2.05. The lowest BCUT2D eigenvalue weighted by Crippen LogP contribution is -1.80. The molecule has 1 rings (SSSR count). The second kappa shape index (κ2) is 2.17. The summed E-state index contributed by atoms with van der Waals surface area (Å²) in [4.78, 5) is 0. The molecular weight excluding hydrogens is 119 g/mol. The number of halogens is 1. The van der Waals surface area contributed by atoms with Gasteiger partial charge in [0.05, 0.1) is 11.4 Å². The Labute approximate surface area is 53.1 Å². The van der Waals surface area contributed by atoms with Crippen LogP contribution in [0.15, 0.2) is 0 Å². The molecule has 1 heterocycles. The highest BCUT2D eigenvalue weighted by molar-refractivity contribution is 5.21. The zero-order chi connectivity index (χ0) is 6.85. The monoisotopic (exact) mass is 128 g/mol. The predicted octanol–water partition coefficient (Wildman–Crippen LogP) is 1.50. The van der Waals surface area contributed by atoms with Crippen molar-refractivity contribution in [1.82, 2.24) is 10.2 Å². The molecular formula is C6H9FN2. The fourth-order valence-electron chi connectivity index (χ4n) is 0.668. The van der Waals surface area contributed by atoms with E-state index in [9.17, 15) is 4.39 Å². The van der Waals surface area contributed by atoms with Gasteiger partial charge in [-0.2, -0.15) is 5.10 Å². The molecule has 0 spiro atoms. The van der Waals surface area contributed by atoms with Gasteiger partial charge in [-0.3, -0.25) is 5.10 Å². The molecule has 1 N–H and O–H groups in total. The fraction of sp³-hybridized carbons (Fsp3) is 0.500. The van der Waals surface area contributed by atoms with Crippen molar-refractivity contribution in [2.24, 2.45) is 0 Å². The summed E-state index contributed by atoms with van der Waals surface area (Å²) in [6.45, 7) is 3.26. The number of hydrogen-bond donors (Lipinski definition) is 1. The van der Waals surface area contributed by atoms with Gasteiger partial charge in [0.25, 0.3) is 0 Å². The normalized spacial score (nSPS) is 10.1. The van der Waals surface area contributed by atoms with Crippen LogP contribution in [0.5, 0.6) is 0 Å². The third-order valence-corrected chi connectivity index (χ3v) is 1.49. The lowest BCUT2D eigenvalue weighted by atomic mass is 10.2. The van der Waals surface area contributed by atoms with Crippen LogP contribution in [0.25, 0.3) is 0 Å². The number of hydrogen-bond acceptors (Lipinski definition) is 1. The van der Waals surface area contributed by atoms with Crippen LogP contribution in [0.1, 0.15) is 17.0 Å². The SMILES string of the molecule is Cc1n[nH]c(CF)c1C. The second-order valence-corrected chi connectivity index (χ2v) is 2.05. The Hall–Kier alpha value is -0.860. The van der Waals surface area contributed by atoms with Crippen molar-refractivity contribution >= 4 is 0 Å². The van der Waals surface area contributed by atoms with Gasteiger partial charge in [0.2, 0.25) is 0 Å². The van der Waals surface area contributed by atoms with Gasteiger partial charge in [0.15, 0.2) is 0 Å². The highest BCUT2D eigenvalue weighted by Crippen LogP contribution is 2.08. The zero-order valence-corrected chi connectivity index (χ0v) is 5.53. The molecule has 0 aromatic carbocycles. The van der Waals surface area contributed by atoms with E-state index >= 15 is 0 Å². The fourth-order valence-corrected chi connectivity index (χ4v) is 0.668. The standard InChI is InChI=1S/C6H9FN2/c1-4-5(2)8-9-6(4)3-7/h3H2,1-2H3,(H,8,9). The lowest BCUT2D eigenvalue weighted by molar-refractivity contribution is 0.474. The Morgan fingerprint density at radius 1 is 1.56 bits per heavy atom. The van der Waals surface area contributed by atoms with Gasteiger partial charge < -0.3 is 0 Å². The van der Waals surface area contributed by atoms with Gasteiger partial charge >= 0.3 is 0 Å². The molecule has 9 heavy (non-hydrogen) atoms. The largest absolute Gasteiger partial charge is 0.279 e. The number of alkyl halides is 1. The molecule has 0 amide bonds. The molecule has 0 saturated heterocycles. The molecule has 0 bridgehead atoms. The summed E-state index contributed by atoms with van der Waals surface area (Å²) in [6.07, 6.45) is 0. The Kier molecular flexibility index (Phi) is 1.51. The highest BCUT2D eigenvalue weighted by Gasteiger charge is 2.02. The van der Waals surface area contributed by atoms with E-state index < -0.39 is 6.67 Å². The van der Waals surface area contributed by atoms with Gasteiger partial charge in [-0.1, -0.05) is 0 Å². The van der Waals surface area contributed by atoms with E-state index in [1.54, 1.807) is 0 Å². The van der Waals surface area contributed by atoms with Crippen LogP contribution in [-0.4, -0.2) is 10.2 Å². The summed E-state index contributed by atoms with van der Waals surface area (Å²) in [5, 5.41) is 6.42. The predicted molar refractivity (Wildman–Crippen MR) is 32.9 cm³/mol. The van der Waals surface area contributed by atoms with E-state index in [1.165, 1.54) is 0 Å². The van der Waals surface area contributed by atoms with Crippen LogP contribution in [0.3, 0.4) is 0 Å². The van der Waals surface area contributed by atoms with E-state index in [-0.39, 0.29) is 0 Å². The Bertz CT molecular complexity index is 205. The zero-order valence-electron chi connectivity index (χ0n) is 5.53. The van der Waals surface area contributed by atoms with Crippen LogP contribution in [-0.2, 0) is 6.67 Å². The van der Waals surface area contributed by atoms with E-state index in [0.717, 1.165) is 11.3 Å². The van der Waals surface area contributed by atoms with Gasteiger partial charge in [0, 0.05) is 0 Å². The Morgan fingerprint density at radius 3 is 2.44 bits per heavy atom. The average Bonchev–Trinajstić information content (AvgIpc) is 2.15. The summed E-state index contributed by atoms with van der Waals surface area (Å²) < 4.78 is 11.9. The summed E-state index contributed by atoms with van der Waals surface area (Å²) in [7, 11) is 0. The third-order valence-electron chi connectivity index (χ3n) is 1.49. The minimum absolute atomic E-state index is 0.452. The first-order valence-corrected chi connectivity index (χ1v) is 2.82. The first-order chi connectivity index (χ1) is 4.25. The topological polar surface area (TPSA) is 28.7 Å². The molecule has 1 aromatic rings. The molecule has 0 aliphatic rings. The Balaban J connectivity index is 3.04. The first-order valence-electron chi connectivity index (χ1n) is 2.82.